The molecule has 0 saturated heterocycles. The number of ketones is 1. The summed E-state index contributed by atoms with van der Waals surface area (Å²) in [7, 11) is 0. The molecule has 4 saturated carbocycles. The molecule has 0 bridgehead atoms. The first kappa shape index (κ1) is 17.9. The third kappa shape index (κ3) is 2.47. The standard InChI is InChI=1S/C21H34O4/c1-20-8-7-13(23)9-12(20)3-4-14-15-5-6-16(18(25)11-22)21(15,2)10-17(24)19(14)20/h12-17,19,22-24H,3-11H2,1-2H3/t12-,13-,14-,15-,16+,17-,19+,20-,21-/m1/s1. The second-order valence-corrected chi connectivity index (χ2v) is 10.0. The Morgan fingerprint density at radius 2 is 1.80 bits per heavy atom. The maximum Gasteiger partial charge on any atom is 0.161 e. The molecule has 4 rings (SSSR count). The van der Waals surface area contributed by atoms with Crippen LogP contribution in [0.5, 0.6) is 0 Å². The Morgan fingerprint density at radius 1 is 1.04 bits per heavy atom. The van der Waals surface area contributed by atoms with Crippen molar-refractivity contribution in [2.45, 2.75) is 77.4 Å². The van der Waals surface area contributed by atoms with E-state index in [0.29, 0.717) is 30.1 Å². The van der Waals surface area contributed by atoms with E-state index in [0.717, 1.165) is 44.9 Å². The van der Waals surface area contributed by atoms with E-state index in [1.54, 1.807) is 0 Å². The lowest BCUT2D eigenvalue weighted by molar-refractivity contribution is -0.179. The van der Waals surface area contributed by atoms with Gasteiger partial charge in [0.1, 0.15) is 6.61 Å². The minimum atomic E-state index is -0.366. The average Bonchev–Trinajstić information content (AvgIpc) is 2.91. The Labute approximate surface area is 151 Å². The van der Waals surface area contributed by atoms with Gasteiger partial charge in [-0.25, -0.2) is 0 Å². The van der Waals surface area contributed by atoms with Crippen molar-refractivity contribution in [2.24, 2.45) is 40.4 Å². The number of Topliss-reactive ketones (excluding diaryl/α,β-unsaturated/α-hetero) is 1. The largest absolute Gasteiger partial charge is 0.393 e. The van der Waals surface area contributed by atoms with Gasteiger partial charge in [0.25, 0.3) is 0 Å². The van der Waals surface area contributed by atoms with Crippen LogP contribution >= 0.6 is 0 Å². The molecule has 0 aromatic carbocycles. The fourth-order valence-electron chi connectivity index (χ4n) is 8.00. The Morgan fingerprint density at radius 3 is 2.52 bits per heavy atom. The first-order valence-electron chi connectivity index (χ1n) is 10.3. The van der Waals surface area contributed by atoms with E-state index in [4.69, 9.17) is 0 Å². The summed E-state index contributed by atoms with van der Waals surface area (Å²) >= 11 is 0. The second kappa shape index (κ2) is 6.03. The van der Waals surface area contributed by atoms with Crippen LogP contribution in [-0.4, -0.2) is 39.9 Å². The van der Waals surface area contributed by atoms with E-state index in [2.05, 4.69) is 13.8 Å². The number of aliphatic hydroxyl groups excluding tert-OH is 3. The van der Waals surface area contributed by atoms with E-state index in [1.807, 2.05) is 0 Å². The van der Waals surface area contributed by atoms with Gasteiger partial charge in [-0.1, -0.05) is 13.8 Å². The monoisotopic (exact) mass is 350 g/mol. The number of hydrogen-bond donors (Lipinski definition) is 3. The number of hydrogen-bond acceptors (Lipinski definition) is 4. The third-order valence-corrected chi connectivity index (χ3v) is 9.11. The van der Waals surface area contributed by atoms with Gasteiger partial charge in [0.2, 0.25) is 0 Å². The van der Waals surface area contributed by atoms with E-state index in [1.165, 1.54) is 0 Å². The molecule has 0 amide bonds. The van der Waals surface area contributed by atoms with Crippen LogP contribution in [0.15, 0.2) is 0 Å². The van der Waals surface area contributed by atoms with Crippen LogP contribution in [0.25, 0.3) is 0 Å². The lowest BCUT2D eigenvalue weighted by Crippen LogP contribution is -2.59. The third-order valence-electron chi connectivity index (χ3n) is 9.11. The van der Waals surface area contributed by atoms with Gasteiger partial charge in [-0.2, -0.15) is 0 Å². The molecule has 3 N–H and O–H groups in total. The summed E-state index contributed by atoms with van der Waals surface area (Å²) in [5.41, 5.74) is -0.0280. The van der Waals surface area contributed by atoms with Gasteiger partial charge in [-0.05, 0) is 85.9 Å². The molecule has 4 aliphatic rings. The van der Waals surface area contributed by atoms with Crippen molar-refractivity contribution >= 4 is 5.78 Å². The molecular formula is C21H34O4. The summed E-state index contributed by atoms with van der Waals surface area (Å²) in [6.45, 7) is 4.19. The molecule has 25 heavy (non-hydrogen) atoms. The van der Waals surface area contributed by atoms with Crippen molar-refractivity contribution in [2.75, 3.05) is 6.61 Å². The lowest BCUT2D eigenvalue weighted by Gasteiger charge is -2.62. The number of carbonyl (C=O) groups is 1. The molecule has 0 spiro atoms. The summed E-state index contributed by atoms with van der Waals surface area (Å²) in [5.74, 6) is 1.69. The van der Waals surface area contributed by atoms with Crippen molar-refractivity contribution in [3.8, 4) is 0 Å². The number of fused-ring (bicyclic) bond motifs is 5. The second-order valence-electron chi connectivity index (χ2n) is 10.0. The summed E-state index contributed by atoms with van der Waals surface area (Å²) in [4.78, 5) is 12.3. The van der Waals surface area contributed by atoms with Gasteiger partial charge in [-0.3, -0.25) is 4.79 Å². The highest BCUT2D eigenvalue weighted by Crippen LogP contribution is 2.67. The quantitative estimate of drug-likeness (QED) is 0.715. The van der Waals surface area contributed by atoms with Crippen molar-refractivity contribution in [1.82, 2.24) is 0 Å². The zero-order valence-corrected chi connectivity index (χ0v) is 15.7. The highest BCUT2D eigenvalue weighted by atomic mass is 16.3. The van der Waals surface area contributed by atoms with Gasteiger partial charge in [-0.15, -0.1) is 0 Å². The summed E-state index contributed by atoms with van der Waals surface area (Å²) in [6, 6.07) is 0. The van der Waals surface area contributed by atoms with E-state index in [-0.39, 0.29) is 41.3 Å². The normalized spacial score (nSPS) is 55.2. The van der Waals surface area contributed by atoms with Crippen molar-refractivity contribution in [3.63, 3.8) is 0 Å². The smallest absolute Gasteiger partial charge is 0.161 e. The maximum absolute atomic E-state index is 12.3. The van der Waals surface area contributed by atoms with Crippen LogP contribution in [0, 0.1) is 40.4 Å². The Kier molecular flexibility index (Phi) is 4.33. The highest BCUT2D eigenvalue weighted by Gasteiger charge is 2.63. The van der Waals surface area contributed by atoms with Crippen molar-refractivity contribution < 1.29 is 20.1 Å². The van der Waals surface area contributed by atoms with Gasteiger partial charge in [0, 0.05) is 5.92 Å². The van der Waals surface area contributed by atoms with Gasteiger partial charge in [0.15, 0.2) is 5.78 Å². The molecule has 0 aromatic rings. The minimum Gasteiger partial charge on any atom is -0.393 e. The zero-order valence-electron chi connectivity index (χ0n) is 15.7. The number of aliphatic hydroxyl groups is 3. The molecule has 4 heteroatoms. The average molecular weight is 350 g/mol. The van der Waals surface area contributed by atoms with Gasteiger partial charge in [0.05, 0.1) is 12.2 Å². The molecule has 4 nitrogen and oxygen atoms in total. The summed E-state index contributed by atoms with van der Waals surface area (Å²) < 4.78 is 0. The summed E-state index contributed by atoms with van der Waals surface area (Å²) in [5, 5.41) is 30.7. The van der Waals surface area contributed by atoms with Crippen LogP contribution < -0.4 is 0 Å². The lowest BCUT2D eigenvalue weighted by atomic mass is 9.44. The molecule has 0 radical (unpaired) electrons. The van der Waals surface area contributed by atoms with E-state index in [9.17, 15) is 20.1 Å². The minimum absolute atomic E-state index is 0.0312. The molecule has 0 heterocycles. The van der Waals surface area contributed by atoms with Gasteiger partial charge < -0.3 is 15.3 Å². The fourth-order valence-corrected chi connectivity index (χ4v) is 8.00. The maximum atomic E-state index is 12.3. The first-order chi connectivity index (χ1) is 11.8. The molecule has 9 atom stereocenters. The van der Waals surface area contributed by atoms with E-state index < -0.39 is 0 Å². The van der Waals surface area contributed by atoms with Crippen LogP contribution in [-0.2, 0) is 4.79 Å². The molecule has 4 fully saturated rings. The van der Waals surface area contributed by atoms with E-state index >= 15 is 0 Å². The number of carbonyl (C=O) groups excluding carboxylic acids is 1. The van der Waals surface area contributed by atoms with Crippen LogP contribution in [0.3, 0.4) is 0 Å². The number of rotatable bonds is 2. The molecule has 0 aliphatic heterocycles. The Hall–Kier alpha value is -0.450. The molecular weight excluding hydrogens is 316 g/mol. The van der Waals surface area contributed by atoms with Crippen LogP contribution in [0.1, 0.15) is 65.2 Å². The van der Waals surface area contributed by atoms with Crippen molar-refractivity contribution in [3.05, 3.63) is 0 Å². The Balaban J connectivity index is 1.65. The van der Waals surface area contributed by atoms with Crippen LogP contribution in [0.2, 0.25) is 0 Å². The SMILES string of the molecule is C[C@@]12CC[C@@H](O)C[C@H]1CC[C@H]1[C@H]2[C@H](O)C[C@]2(C)[C@@H]1CC[C@H]2C(=O)CO. The predicted octanol–water partition coefficient (Wildman–Crippen LogP) is 2.54. The topological polar surface area (TPSA) is 77.8 Å². The summed E-state index contributed by atoms with van der Waals surface area (Å²) in [6.07, 6.45) is 7.12. The molecule has 0 aromatic heterocycles. The fraction of sp³-hybridized carbons (Fsp3) is 0.952. The molecule has 0 unspecified atom stereocenters. The molecule has 142 valence electrons. The first-order valence-corrected chi connectivity index (χ1v) is 10.3. The molecule has 4 aliphatic carbocycles. The zero-order chi connectivity index (χ0) is 18.0. The Bertz CT molecular complexity index is 548. The van der Waals surface area contributed by atoms with Gasteiger partial charge >= 0.3 is 0 Å². The van der Waals surface area contributed by atoms with Crippen molar-refractivity contribution in [1.29, 1.82) is 0 Å². The predicted molar refractivity (Wildman–Crippen MR) is 94.7 cm³/mol. The highest BCUT2D eigenvalue weighted by molar-refractivity contribution is 5.83. The van der Waals surface area contributed by atoms with Crippen LogP contribution in [0.4, 0.5) is 0 Å².